The highest BCUT2D eigenvalue weighted by Gasteiger charge is 2.29. The molecule has 0 radical (unpaired) electrons. The number of benzene rings is 1. The fourth-order valence-electron chi connectivity index (χ4n) is 2.79. The van der Waals surface area contributed by atoms with Crippen molar-refractivity contribution in [2.24, 2.45) is 7.05 Å². The summed E-state index contributed by atoms with van der Waals surface area (Å²) >= 11 is 0. The van der Waals surface area contributed by atoms with Crippen molar-refractivity contribution < 1.29 is 22.7 Å². The Hall–Kier alpha value is -3.10. The van der Waals surface area contributed by atoms with Crippen LogP contribution in [0.15, 0.2) is 30.3 Å². The maximum Gasteiger partial charge on any atom is 0.422 e. The third kappa shape index (κ3) is 4.02. The number of carbonyl (C=O) groups excluding carboxylic acids is 1. The maximum atomic E-state index is 12.8. The average Bonchev–Trinajstić information content (AvgIpc) is 2.86. The van der Waals surface area contributed by atoms with Gasteiger partial charge in [0.05, 0.1) is 22.3 Å². The zero-order chi connectivity index (χ0) is 19.8. The number of amides is 1. The summed E-state index contributed by atoms with van der Waals surface area (Å²) in [6.07, 6.45) is -4.47. The number of nitrogens with one attached hydrogen (secondary N) is 1. The second-order valence-corrected chi connectivity index (χ2v) is 6.07. The van der Waals surface area contributed by atoms with Gasteiger partial charge in [-0.3, -0.25) is 9.48 Å². The minimum absolute atomic E-state index is 0.0619. The number of carbonyl (C=O) groups is 1. The Morgan fingerprint density at radius 3 is 2.67 bits per heavy atom. The number of aromatic nitrogens is 3. The molecule has 27 heavy (non-hydrogen) atoms. The van der Waals surface area contributed by atoms with Crippen LogP contribution in [0.1, 0.15) is 21.7 Å². The van der Waals surface area contributed by atoms with Crippen molar-refractivity contribution in [3.8, 4) is 5.75 Å². The number of alkyl halides is 3. The summed E-state index contributed by atoms with van der Waals surface area (Å²) in [6.45, 7) is 2.07. The van der Waals surface area contributed by atoms with Gasteiger partial charge in [0.25, 0.3) is 5.91 Å². The molecule has 6 nitrogen and oxygen atoms in total. The highest BCUT2D eigenvalue weighted by Crippen LogP contribution is 2.28. The quantitative estimate of drug-likeness (QED) is 0.750. The molecule has 3 aromatic rings. The SMILES string of the molecule is Cc1cc(C(=O)Nc2ccccc2OCC(F)(F)F)c2c(C)nn(C)c2n1. The molecule has 1 aromatic carbocycles. The molecular weight excluding hydrogens is 361 g/mol. The summed E-state index contributed by atoms with van der Waals surface area (Å²) in [5, 5.41) is 7.49. The van der Waals surface area contributed by atoms with Crippen molar-refractivity contribution >= 4 is 22.6 Å². The number of hydrogen-bond acceptors (Lipinski definition) is 4. The number of hydrogen-bond donors (Lipinski definition) is 1. The first-order chi connectivity index (χ1) is 12.7. The molecule has 0 saturated carbocycles. The fraction of sp³-hybridized carbons (Fsp3) is 0.278. The number of halogens is 3. The molecule has 0 aliphatic carbocycles. The second kappa shape index (κ2) is 6.90. The van der Waals surface area contributed by atoms with Gasteiger partial charge in [-0.25, -0.2) is 4.98 Å². The van der Waals surface area contributed by atoms with Crippen LogP contribution in [-0.4, -0.2) is 33.5 Å². The zero-order valence-electron chi connectivity index (χ0n) is 14.9. The number of pyridine rings is 1. The zero-order valence-corrected chi connectivity index (χ0v) is 14.9. The Morgan fingerprint density at radius 2 is 1.96 bits per heavy atom. The Bertz CT molecular complexity index is 1010. The van der Waals surface area contributed by atoms with Crippen LogP contribution in [0.25, 0.3) is 11.0 Å². The topological polar surface area (TPSA) is 69.0 Å². The summed E-state index contributed by atoms with van der Waals surface area (Å²) in [5.41, 5.74) is 2.30. The van der Waals surface area contributed by atoms with Crippen LogP contribution in [-0.2, 0) is 7.05 Å². The summed E-state index contributed by atoms with van der Waals surface area (Å²) in [6, 6.07) is 7.58. The van der Waals surface area contributed by atoms with Crippen LogP contribution in [0.2, 0.25) is 0 Å². The molecule has 0 saturated heterocycles. The van der Waals surface area contributed by atoms with Gasteiger partial charge in [0, 0.05) is 12.7 Å². The first-order valence-electron chi connectivity index (χ1n) is 8.06. The summed E-state index contributed by atoms with van der Waals surface area (Å²) in [4.78, 5) is 17.2. The Balaban J connectivity index is 1.94. The van der Waals surface area contributed by atoms with E-state index in [2.05, 4.69) is 15.4 Å². The van der Waals surface area contributed by atoms with Gasteiger partial charge in [0.15, 0.2) is 12.3 Å². The molecular formula is C18H17F3N4O2. The number of nitrogens with zero attached hydrogens (tertiary/aromatic N) is 3. The van der Waals surface area contributed by atoms with Crippen molar-refractivity contribution in [3.63, 3.8) is 0 Å². The van der Waals surface area contributed by atoms with Crippen LogP contribution in [0, 0.1) is 13.8 Å². The molecule has 2 aromatic heterocycles. The lowest BCUT2D eigenvalue weighted by Gasteiger charge is -2.14. The van der Waals surface area contributed by atoms with Crippen molar-refractivity contribution in [2.75, 3.05) is 11.9 Å². The minimum atomic E-state index is -4.47. The molecule has 3 rings (SSSR count). The fourth-order valence-corrected chi connectivity index (χ4v) is 2.79. The molecule has 0 aliphatic heterocycles. The third-order valence-corrected chi connectivity index (χ3v) is 3.87. The number of rotatable bonds is 4. The summed E-state index contributed by atoms with van der Waals surface area (Å²) in [5.74, 6) is -0.544. The normalized spacial score (nSPS) is 11.6. The lowest BCUT2D eigenvalue weighted by Crippen LogP contribution is -2.20. The molecule has 1 N–H and O–H groups in total. The molecule has 9 heteroatoms. The molecule has 0 fully saturated rings. The highest BCUT2D eigenvalue weighted by molar-refractivity contribution is 6.13. The van der Waals surface area contributed by atoms with Gasteiger partial charge in [-0.05, 0) is 32.0 Å². The van der Waals surface area contributed by atoms with E-state index in [0.29, 0.717) is 28.0 Å². The summed E-state index contributed by atoms with van der Waals surface area (Å²) < 4.78 is 43.7. The molecule has 0 aliphatic rings. The lowest BCUT2D eigenvalue weighted by molar-refractivity contribution is -0.153. The lowest BCUT2D eigenvalue weighted by atomic mass is 10.1. The molecule has 0 unspecified atom stereocenters. The maximum absolute atomic E-state index is 12.8. The number of para-hydroxylation sites is 2. The Morgan fingerprint density at radius 1 is 1.26 bits per heavy atom. The second-order valence-electron chi connectivity index (χ2n) is 6.07. The standard InChI is InChI=1S/C18H17F3N4O2/c1-10-8-12(15-11(2)24-25(3)16(15)22-10)17(26)23-13-6-4-5-7-14(13)27-9-18(19,20)21/h4-8H,9H2,1-3H3,(H,23,26). The van der Waals surface area contributed by atoms with Gasteiger partial charge in [-0.1, -0.05) is 12.1 Å². The third-order valence-electron chi connectivity index (χ3n) is 3.87. The van der Waals surface area contributed by atoms with E-state index in [1.54, 1.807) is 37.7 Å². The van der Waals surface area contributed by atoms with Gasteiger partial charge in [-0.2, -0.15) is 18.3 Å². The summed E-state index contributed by atoms with van der Waals surface area (Å²) in [7, 11) is 1.73. The van der Waals surface area contributed by atoms with E-state index in [0.717, 1.165) is 0 Å². The largest absolute Gasteiger partial charge is 0.482 e. The van der Waals surface area contributed by atoms with Gasteiger partial charge < -0.3 is 10.1 Å². The van der Waals surface area contributed by atoms with Crippen LogP contribution >= 0.6 is 0 Å². The van der Waals surface area contributed by atoms with E-state index in [1.165, 1.54) is 18.2 Å². The van der Waals surface area contributed by atoms with E-state index in [4.69, 9.17) is 4.74 Å². The van der Waals surface area contributed by atoms with Crippen LogP contribution < -0.4 is 10.1 Å². The molecule has 0 atom stereocenters. The van der Waals surface area contributed by atoms with Gasteiger partial charge >= 0.3 is 6.18 Å². The molecule has 0 bridgehead atoms. The van der Waals surface area contributed by atoms with E-state index in [9.17, 15) is 18.0 Å². The van der Waals surface area contributed by atoms with E-state index < -0.39 is 18.7 Å². The first-order valence-corrected chi connectivity index (χ1v) is 8.06. The van der Waals surface area contributed by atoms with Gasteiger partial charge in [0.2, 0.25) is 0 Å². The predicted molar refractivity (Wildman–Crippen MR) is 93.9 cm³/mol. The van der Waals surface area contributed by atoms with Crippen LogP contribution in [0.3, 0.4) is 0 Å². The van der Waals surface area contributed by atoms with Crippen LogP contribution in [0.5, 0.6) is 5.75 Å². The van der Waals surface area contributed by atoms with E-state index >= 15 is 0 Å². The minimum Gasteiger partial charge on any atom is -0.482 e. The monoisotopic (exact) mass is 378 g/mol. The highest BCUT2D eigenvalue weighted by atomic mass is 19.4. The number of anilines is 1. The number of ether oxygens (including phenoxy) is 1. The molecule has 1 amide bonds. The van der Waals surface area contributed by atoms with Gasteiger partial charge in [0.1, 0.15) is 5.75 Å². The van der Waals surface area contributed by atoms with Crippen LogP contribution in [0.4, 0.5) is 18.9 Å². The smallest absolute Gasteiger partial charge is 0.422 e. The number of fused-ring (bicyclic) bond motifs is 1. The Labute approximate surface area is 153 Å². The predicted octanol–water partition coefficient (Wildman–Crippen LogP) is 3.78. The molecule has 2 heterocycles. The van der Waals surface area contributed by atoms with Crippen molar-refractivity contribution in [3.05, 3.63) is 47.3 Å². The molecule has 0 spiro atoms. The van der Waals surface area contributed by atoms with E-state index in [-0.39, 0.29) is 11.4 Å². The average molecular weight is 378 g/mol. The molecule has 142 valence electrons. The number of aryl methyl sites for hydroxylation is 3. The van der Waals surface area contributed by atoms with Crippen molar-refractivity contribution in [1.29, 1.82) is 0 Å². The van der Waals surface area contributed by atoms with Crippen molar-refractivity contribution in [2.45, 2.75) is 20.0 Å². The van der Waals surface area contributed by atoms with E-state index in [1.807, 2.05) is 0 Å². The Kier molecular flexibility index (Phi) is 4.77. The van der Waals surface area contributed by atoms with Crippen molar-refractivity contribution in [1.82, 2.24) is 14.8 Å². The first kappa shape index (κ1) is 18.7. The van der Waals surface area contributed by atoms with Gasteiger partial charge in [-0.15, -0.1) is 0 Å².